The van der Waals surface area contributed by atoms with E-state index in [0.29, 0.717) is 0 Å². The summed E-state index contributed by atoms with van der Waals surface area (Å²) in [4.78, 5) is 10.2. The van der Waals surface area contributed by atoms with Crippen LogP contribution in [0.25, 0.3) is 0 Å². The van der Waals surface area contributed by atoms with Crippen LogP contribution in [0.5, 0.6) is 5.75 Å². The van der Waals surface area contributed by atoms with E-state index in [-0.39, 0.29) is 17.5 Å². The van der Waals surface area contributed by atoms with Gasteiger partial charge in [-0.25, -0.2) is 4.39 Å². The lowest BCUT2D eigenvalue weighted by Gasteiger charge is -2.26. The van der Waals surface area contributed by atoms with Gasteiger partial charge in [0.05, 0.1) is 17.1 Å². The molecule has 1 aliphatic rings. The van der Waals surface area contributed by atoms with Gasteiger partial charge in [0.15, 0.2) is 0 Å². The zero-order chi connectivity index (χ0) is 14.8. The van der Waals surface area contributed by atoms with Crippen molar-refractivity contribution in [2.75, 3.05) is 0 Å². The van der Waals surface area contributed by atoms with Crippen LogP contribution in [0.1, 0.15) is 30.1 Å². The number of hydrogen-bond donors (Lipinski definition) is 0. The zero-order valence-corrected chi connectivity index (χ0v) is 11.3. The number of fused-ring (bicyclic) bond motifs is 1. The van der Waals surface area contributed by atoms with Gasteiger partial charge in [0.1, 0.15) is 17.7 Å². The summed E-state index contributed by atoms with van der Waals surface area (Å²) in [5.41, 5.74) is 2.00. The minimum absolute atomic E-state index is 0.184. The molecule has 0 heterocycles. The number of hydrogen-bond acceptors (Lipinski definition) is 3. The molecule has 1 aliphatic carbocycles. The highest BCUT2D eigenvalue weighted by Gasteiger charge is 2.22. The molecule has 0 N–H and O–H groups in total. The van der Waals surface area contributed by atoms with Crippen molar-refractivity contribution in [2.45, 2.75) is 25.4 Å². The van der Waals surface area contributed by atoms with E-state index in [9.17, 15) is 14.5 Å². The summed E-state index contributed by atoms with van der Waals surface area (Å²) >= 11 is 0. The lowest BCUT2D eigenvalue weighted by Crippen LogP contribution is -2.15. The van der Waals surface area contributed by atoms with E-state index >= 15 is 0 Å². The Morgan fingerprint density at radius 1 is 1.24 bits per heavy atom. The third-order valence-corrected chi connectivity index (χ3v) is 3.66. The van der Waals surface area contributed by atoms with E-state index in [1.807, 2.05) is 18.2 Å². The maximum absolute atomic E-state index is 13.5. The molecule has 2 aromatic rings. The molecule has 0 bridgehead atoms. The Morgan fingerprint density at radius 3 is 2.86 bits per heavy atom. The summed E-state index contributed by atoms with van der Waals surface area (Å²) in [6, 6.07) is 11.3. The highest BCUT2D eigenvalue weighted by molar-refractivity contribution is 5.40. The van der Waals surface area contributed by atoms with E-state index in [4.69, 9.17) is 4.74 Å². The molecule has 108 valence electrons. The normalized spacial score (nSPS) is 17.1. The number of benzene rings is 2. The van der Waals surface area contributed by atoms with Crippen molar-refractivity contribution in [3.05, 3.63) is 69.5 Å². The number of ether oxygens (including phenoxy) is 1. The number of nitro benzene ring substituents is 1. The van der Waals surface area contributed by atoms with Crippen LogP contribution in [0.2, 0.25) is 0 Å². The second-order valence-corrected chi connectivity index (χ2v) is 5.10. The van der Waals surface area contributed by atoms with Gasteiger partial charge in [-0.15, -0.1) is 0 Å². The van der Waals surface area contributed by atoms with Crippen LogP contribution >= 0.6 is 0 Å². The molecule has 0 fully saturated rings. The van der Waals surface area contributed by atoms with Crippen LogP contribution < -0.4 is 4.74 Å². The van der Waals surface area contributed by atoms with Crippen LogP contribution in [-0.2, 0) is 6.42 Å². The van der Waals surface area contributed by atoms with Crippen molar-refractivity contribution in [3.63, 3.8) is 0 Å². The minimum Gasteiger partial charge on any atom is -0.485 e. The molecular formula is C16H14FNO3. The number of nitrogens with zero attached hydrogens (tertiary/aromatic N) is 1. The number of nitro groups is 1. The number of halogens is 1. The maximum atomic E-state index is 13.5. The fourth-order valence-corrected chi connectivity index (χ4v) is 2.72. The summed E-state index contributed by atoms with van der Waals surface area (Å²) < 4.78 is 19.3. The Morgan fingerprint density at radius 2 is 2.05 bits per heavy atom. The molecule has 0 spiro atoms. The van der Waals surface area contributed by atoms with E-state index in [1.54, 1.807) is 0 Å². The third kappa shape index (κ3) is 2.86. The van der Waals surface area contributed by atoms with Crippen LogP contribution in [0, 0.1) is 15.9 Å². The van der Waals surface area contributed by atoms with Gasteiger partial charge >= 0.3 is 0 Å². The molecule has 1 atom stereocenters. The maximum Gasteiger partial charge on any atom is 0.276 e. The molecule has 0 amide bonds. The largest absolute Gasteiger partial charge is 0.485 e. The van der Waals surface area contributed by atoms with Crippen LogP contribution in [0.4, 0.5) is 10.1 Å². The fraction of sp³-hybridized carbons (Fsp3) is 0.250. The summed E-state index contributed by atoms with van der Waals surface area (Å²) in [6.45, 7) is 0. The number of aryl methyl sites for hydroxylation is 1. The Labute approximate surface area is 121 Å². The first kappa shape index (κ1) is 13.5. The molecule has 4 nitrogen and oxygen atoms in total. The number of non-ortho nitro benzene ring substituents is 1. The van der Waals surface area contributed by atoms with E-state index < -0.39 is 10.7 Å². The first-order valence-electron chi connectivity index (χ1n) is 6.83. The highest BCUT2D eigenvalue weighted by Crippen LogP contribution is 2.34. The molecule has 0 saturated carbocycles. The van der Waals surface area contributed by atoms with Gasteiger partial charge in [0.2, 0.25) is 0 Å². The van der Waals surface area contributed by atoms with Crippen LogP contribution in [0.15, 0.2) is 42.5 Å². The van der Waals surface area contributed by atoms with Gasteiger partial charge in [-0.05, 0) is 30.4 Å². The van der Waals surface area contributed by atoms with Gasteiger partial charge in [-0.1, -0.05) is 24.3 Å². The first-order valence-corrected chi connectivity index (χ1v) is 6.83. The lowest BCUT2D eigenvalue weighted by molar-refractivity contribution is -0.385. The molecule has 21 heavy (non-hydrogen) atoms. The topological polar surface area (TPSA) is 52.4 Å². The molecule has 3 rings (SSSR count). The molecular weight excluding hydrogens is 273 g/mol. The predicted octanol–water partition coefficient (Wildman–Crippen LogP) is 4.19. The summed E-state index contributed by atoms with van der Waals surface area (Å²) in [5.74, 6) is -0.466. The van der Waals surface area contributed by atoms with E-state index in [2.05, 4.69) is 6.07 Å². The first-order chi connectivity index (χ1) is 10.1. The smallest absolute Gasteiger partial charge is 0.276 e. The van der Waals surface area contributed by atoms with Crippen LogP contribution in [0.3, 0.4) is 0 Å². The summed E-state index contributed by atoms with van der Waals surface area (Å²) in [6.07, 6.45) is 2.62. The molecule has 1 unspecified atom stereocenters. The average molecular weight is 287 g/mol. The van der Waals surface area contributed by atoms with Gasteiger partial charge in [0.25, 0.3) is 5.69 Å². The molecule has 2 aromatic carbocycles. The molecule has 0 aliphatic heterocycles. The molecule has 0 aromatic heterocycles. The van der Waals surface area contributed by atoms with Crippen molar-refractivity contribution in [1.82, 2.24) is 0 Å². The standard InChI is InChI=1S/C16H14FNO3/c17-12-8-13(18(19)20)10-14(9-12)21-16-7-3-5-11-4-1-2-6-15(11)16/h1-2,4,6,8-10,16H,3,5,7H2. The fourth-order valence-electron chi connectivity index (χ4n) is 2.72. The van der Waals surface area contributed by atoms with Gasteiger partial charge in [-0.3, -0.25) is 10.1 Å². The summed E-state index contributed by atoms with van der Waals surface area (Å²) in [7, 11) is 0. The Balaban J connectivity index is 1.90. The second-order valence-electron chi connectivity index (χ2n) is 5.10. The molecule has 0 radical (unpaired) electrons. The monoisotopic (exact) mass is 287 g/mol. The SMILES string of the molecule is O=[N+]([O-])c1cc(F)cc(OC2CCCc3ccccc32)c1. The van der Waals surface area contributed by atoms with Gasteiger partial charge in [0, 0.05) is 6.07 Å². The quantitative estimate of drug-likeness (QED) is 0.628. The van der Waals surface area contributed by atoms with E-state index in [1.165, 1.54) is 17.7 Å². The molecule has 0 saturated heterocycles. The Hall–Kier alpha value is -2.43. The van der Waals surface area contributed by atoms with Crippen molar-refractivity contribution >= 4 is 5.69 Å². The Kier molecular flexibility index (Phi) is 3.56. The average Bonchev–Trinajstić information content (AvgIpc) is 2.47. The Bertz CT molecular complexity index is 687. The highest BCUT2D eigenvalue weighted by atomic mass is 19.1. The zero-order valence-electron chi connectivity index (χ0n) is 11.3. The summed E-state index contributed by atoms with van der Waals surface area (Å²) in [5, 5.41) is 10.8. The van der Waals surface area contributed by atoms with Crippen molar-refractivity contribution in [2.24, 2.45) is 0 Å². The number of rotatable bonds is 3. The van der Waals surface area contributed by atoms with Gasteiger partial charge < -0.3 is 4.74 Å². The lowest BCUT2D eigenvalue weighted by atomic mass is 9.89. The van der Waals surface area contributed by atoms with Gasteiger partial charge in [-0.2, -0.15) is 0 Å². The van der Waals surface area contributed by atoms with Crippen molar-refractivity contribution in [1.29, 1.82) is 0 Å². The minimum atomic E-state index is -0.664. The molecule has 5 heteroatoms. The van der Waals surface area contributed by atoms with E-state index in [0.717, 1.165) is 30.9 Å². The van der Waals surface area contributed by atoms with Crippen molar-refractivity contribution in [3.8, 4) is 5.75 Å². The second kappa shape index (κ2) is 5.52. The van der Waals surface area contributed by atoms with Crippen LogP contribution in [-0.4, -0.2) is 4.92 Å². The predicted molar refractivity (Wildman–Crippen MR) is 75.8 cm³/mol. The third-order valence-electron chi connectivity index (χ3n) is 3.66. The van der Waals surface area contributed by atoms with Crippen molar-refractivity contribution < 1.29 is 14.1 Å².